The SMILES string of the molecule is CCn1ncnc1CN[C@@H](C)C(=O)O. The Bertz CT molecular complexity index is 310. The number of hydrogen-bond acceptors (Lipinski definition) is 4. The number of aliphatic carboxylic acids is 1. The van der Waals surface area contributed by atoms with E-state index in [0.717, 1.165) is 12.4 Å². The van der Waals surface area contributed by atoms with Crippen molar-refractivity contribution in [2.24, 2.45) is 0 Å². The molecule has 0 aromatic carbocycles. The van der Waals surface area contributed by atoms with Crippen LogP contribution >= 0.6 is 0 Å². The number of nitrogens with zero attached hydrogens (tertiary/aromatic N) is 3. The zero-order valence-corrected chi connectivity index (χ0v) is 8.27. The summed E-state index contributed by atoms with van der Waals surface area (Å²) in [6.45, 7) is 4.70. The van der Waals surface area contributed by atoms with Gasteiger partial charge < -0.3 is 5.11 Å². The van der Waals surface area contributed by atoms with Crippen LogP contribution in [0.15, 0.2) is 6.33 Å². The van der Waals surface area contributed by atoms with Crippen molar-refractivity contribution in [1.82, 2.24) is 20.1 Å². The maximum atomic E-state index is 10.5. The van der Waals surface area contributed by atoms with E-state index in [1.54, 1.807) is 11.6 Å². The molecule has 0 aliphatic carbocycles. The van der Waals surface area contributed by atoms with Gasteiger partial charge in [-0.05, 0) is 13.8 Å². The van der Waals surface area contributed by atoms with Gasteiger partial charge in [-0.2, -0.15) is 5.10 Å². The van der Waals surface area contributed by atoms with E-state index in [0.29, 0.717) is 6.54 Å². The van der Waals surface area contributed by atoms with Crippen molar-refractivity contribution >= 4 is 5.97 Å². The maximum Gasteiger partial charge on any atom is 0.320 e. The molecule has 0 amide bonds. The molecule has 1 aromatic heterocycles. The highest BCUT2D eigenvalue weighted by Crippen LogP contribution is 1.94. The van der Waals surface area contributed by atoms with E-state index in [4.69, 9.17) is 5.11 Å². The number of carboxylic acid groups (broad SMARTS) is 1. The van der Waals surface area contributed by atoms with Crippen molar-refractivity contribution in [3.8, 4) is 0 Å². The predicted molar refractivity (Wildman–Crippen MR) is 49.6 cm³/mol. The minimum absolute atomic E-state index is 0.418. The fourth-order valence-electron chi connectivity index (χ4n) is 1.02. The van der Waals surface area contributed by atoms with Gasteiger partial charge in [-0.25, -0.2) is 9.67 Å². The molecule has 0 saturated carbocycles. The Balaban J connectivity index is 2.49. The van der Waals surface area contributed by atoms with Crippen LogP contribution in [0.4, 0.5) is 0 Å². The van der Waals surface area contributed by atoms with Gasteiger partial charge in [0.1, 0.15) is 18.2 Å². The molecular weight excluding hydrogens is 184 g/mol. The number of carbonyl (C=O) groups is 1. The summed E-state index contributed by atoms with van der Waals surface area (Å²) < 4.78 is 1.72. The van der Waals surface area contributed by atoms with Crippen molar-refractivity contribution < 1.29 is 9.90 Å². The van der Waals surface area contributed by atoms with Gasteiger partial charge in [-0.1, -0.05) is 0 Å². The van der Waals surface area contributed by atoms with E-state index in [-0.39, 0.29) is 0 Å². The predicted octanol–water partition coefficient (Wildman–Crippen LogP) is -0.139. The lowest BCUT2D eigenvalue weighted by Gasteiger charge is -2.08. The summed E-state index contributed by atoms with van der Waals surface area (Å²) in [4.78, 5) is 14.5. The summed E-state index contributed by atoms with van der Waals surface area (Å²) in [5.74, 6) is -0.117. The van der Waals surface area contributed by atoms with Crippen LogP contribution in [0.2, 0.25) is 0 Å². The van der Waals surface area contributed by atoms with Gasteiger partial charge in [0, 0.05) is 6.54 Å². The Morgan fingerprint density at radius 1 is 1.79 bits per heavy atom. The average molecular weight is 198 g/mol. The van der Waals surface area contributed by atoms with E-state index >= 15 is 0 Å². The first-order valence-electron chi connectivity index (χ1n) is 4.48. The van der Waals surface area contributed by atoms with Gasteiger partial charge in [-0.15, -0.1) is 0 Å². The second-order valence-electron chi connectivity index (χ2n) is 2.93. The van der Waals surface area contributed by atoms with Crippen molar-refractivity contribution in [2.45, 2.75) is 33.0 Å². The Hall–Kier alpha value is -1.43. The molecule has 0 aliphatic heterocycles. The highest BCUT2D eigenvalue weighted by atomic mass is 16.4. The molecule has 78 valence electrons. The first-order valence-corrected chi connectivity index (χ1v) is 4.48. The molecule has 2 N–H and O–H groups in total. The third-order valence-corrected chi connectivity index (χ3v) is 1.93. The highest BCUT2D eigenvalue weighted by molar-refractivity contribution is 5.72. The van der Waals surface area contributed by atoms with E-state index in [2.05, 4.69) is 15.4 Å². The minimum Gasteiger partial charge on any atom is -0.480 e. The maximum absolute atomic E-state index is 10.5. The molecule has 0 aliphatic rings. The van der Waals surface area contributed by atoms with Crippen LogP contribution in [0.3, 0.4) is 0 Å². The number of carboxylic acids is 1. The van der Waals surface area contributed by atoms with Crippen LogP contribution in [0, 0.1) is 0 Å². The smallest absolute Gasteiger partial charge is 0.320 e. The molecular formula is C8H14N4O2. The zero-order valence-electron chi connectivity index (χ0n) is 8.27. The number of nitrogens with one attached hydrogen (secondary N) is 1. The molecule has 6 heteroatoms. The fourth-order valence-corrected chi connectivity index (χ4v) is 1.02. The molecule has 0 spiro atoms. The summed E-state index contributed by atoms with van der Waals surface area (Å²) in [5.41, 5.74) is 0. The van der Waals surface area contributed by atoms with E-state index < -0.39 is 12.0 Å². The third-order valence-electron chi connectivity index (χ3n) is 1.93. The van der Waals surface area contributed by atoms with E-state index in [1.807, 2.05) is 6.92 Å². The summed E-state index contributed by atoms with van der Waals surface area (Å²) in [6, 6.07) is -0.572. The number of rotatable bonds is 5. The molecule has 1 aromatic rings. The normalized spacial score (nSPS) is 12.7. The van der Waals surface area contributed by atoms with E-state index in [9.17, 15) is 4.79 Å². The first kappa shape index (κ1) is 10.6. The second-order valence-corrected chi connectivity index (χ2v) is 2.93. The second kappa shape index (κ2) is 4.71. The molecule has 0 saturated heterocycles. The lowest BCUT2D eigenvalue weighted by Crippen LogP contribution is -2.34. The first-order chi connectivity index (χ1) is 6.65. The minimum atomic E-state index is -0.868. The van der Waals surface area contributed by atoms with Crippen LogP contribution in [-0.4, -0.2) is 31.9 Å². The topological polar surface area (TPSA) is 80.0 Å². The number of aryl methyl sites for hydroxylation is 1. The van der Waals surface area contributed by atoms with Crippen molar-refractivity contribution in [2.75, 3.05) is 0 Å². The van der Waals surface area contributed by atoms with Crippen LogP contribution in [0.25, 0.3) is 0 Å². The lowest BCUT2D eigenvalue weighted by atomic mass is 10.3. The van der Waals surface area contributed by atoms with Crippen LogP contribution < -0.4 is 5.32 Å². The Labute approximate surface area is 82.0 Å². The van der Waals surface area contributed by atoms with Gasteiger partial charge in [0.05, 0.1) is 6.54 Å². The summed E-state index contributed by atoms with van der Waals surface area (Å²) in [7, 11) is 0. The van der Waals surface area contributed by atoms with Gasteiger partial charge in [0.15, 0.2) is 0 Å². The monoisotopic (exact) mass is 198 g/mol. The standard InChI is InChI=1S/C8H14N4O2/c1-3-12-7(10-5-11-12)4-9-6(2)8(13)14/h5-6,9H,3-4H2,1-2H3,(H,13,14)/t6-/m0/s1. The molecule has 0 unspecified atom stereocenters. The molecule has 0 radical (unpaired) electrons. The third kappa shape index (κ3) is 2.53. The average Bonchev–Trinajstić information content (AvgIpc) is 2.60. The molecule has 1 rings (SSSR count). The Morgan fingerprint density at radius 2 is 2.50 bits per heavy atom. The van der Waals surface area contributed by atoms with Crippen LogP contribution in [0.1, 0.15) is 19.7 Å². The molecule has 6 nitrogen and oxygen atoms in total. The Kier molecular flexibility index (Phi) is 3.58. The van der Waals surface area contributed by atoms with Gasteiger partial charge in [-0.3, -0.25) is 10.1 Å². The van der Waals surface area contributed by atoms with Crippen molar-refractivity contribution in [3.05, 3.63) is 12.2 Å². The van der Waals surface area contributed by atoms with Gasteiger partial charge >= 0.3 is 5.97 Å². The van der Waals surface area contributed by atoms with Crippen LogP contribution in [0.5, 0.6) is 0 Å². The fraction of sp³-hybridized carbons (Fsp3) is 0.625. The number of hydrogen-bond donors (Lipinski definition) is 2. The zero-order chi connectivity index (χ0) is 10.6. The number of aromatic nitrogens is 3. The largest absolute Gasteiger partial charge is 0.480 e. The molecule has 0 bridgehead atoms. The molecule has 0 fully saturated rings. The summed E-state index contributed by atoms with van der Waals surface area (Å²) in [6.07, 6.45) is 1.46. The lowest BCUT2D eigenvalue weighted by molar-refractivity contribution is -0.139. The molecule has 1 atom stereocenters. The van der Waals surface area contributed by atoms with Gasteiger partial charge in [0.2, 0.25) is 0 Å². The molecule has 1 heterocycles. The van der Waals surface area contributed by atoms with Crippen molar-refractivity contribution in [1.29, 1.82) is 0 Å². The van der Waals surface area contributed by atoms with Crippen molar-refractivity contribution in [3.63, 3.8) is 0 Å². The highest BCUT2D eigenvalue weighted by Gasteiger charge is 2.11. The van der Waals surface area contributed by atoms with E-state index in [1.165, 1.54) is 6.33 Å². The van der Waals surface area contributed by atoms with Gasteiger partial charge in [0.25, 0.3) is 0 Å². The summed E-state index contributed by atoms with van der Waals surface area (Å²) >= 11 is 0. The molecule has 14 heavy (non-hydrogen) atoms. The quantitative estimate of drug-likeness (QED) is 0.688. The van der Waals surface area contributed by atoms with Crippen LogP contribution in [-0.2, 0) is 17.9 Å². The summed E-state index contributed by atoms with van der Waals surface area (Å²) in [5, 5.41) is 15.4. The Morgan fingerprint density at radius 3 is 3.07 bits per heavy atom.